The normalized spacial score (nSPS) is 15.5. The molecule has 0 spiro atoms. The number of pyridine rings is 1. The van der Waals surface area contributed by atoms with Crippen molar-refractivity contribution in [1.82, 2.24) is 10.3 Å². The minimum absolute atomic E-state index is 0.0579. The van der Waals surface area contributed by atoms with Crippen molar-refractivity contribution in [3.63, 3.8) is 0 Å². The first-order valence-electron chi connectivity index (χ1n) is 6.80. The van der Waals surface area contributed by atoms with Crippen LogP contribution in [0.25, 0.3) is 0 Å². The summed E-state index contributed by atoms with van der Waals surface area (Å²) >= 11 is 4.08. The fraction of sp³-hybridized carbons (Fsp3) is 0.571. The molecule has 1 heterocycles. The number of nitrogens with zero attached hydrogens (tertiary/aromatic N) is 2. The van der Waals surface area contributed by atoms with Gasteiger partial charge < -0.3 is 10.2 Å². The highest BCUT2D eigenvalue weighted by atomic mass is 32.1. The zero-order valence-electron chi connectivity index (χ0n) is 11.3. The van der Waals surface area contributed by atoms with E-state index in [1.54, 1.807) is 12.3 Å². The maximum Gasteiger partial charge on any atom is 0.251 e. The minimum Gasteiger partial charge on any atom is -0.357 e. The van der Waals surface area contributed by atoms with Crippen LogP contribution in [0.15, 0.2) is 18.3 Å². The van der Waals surface area contributed by atoms with Crippen LogP contribution in [0, 0.1) is 0 Å². The summed E-state index contributed by atoms with van der Waals surface area (Å²) in [5, 5.41) is 2.82. The molecule has 1 aromatic rings. The topological polar surface area (TPSA) is 45.2 Å². The Morgan fingerprint density at radius 1 is 1.53 bits per heavy atom. The molecule has 0 saturated heterocycles. The Morgan fingerprint density at radius 3 is 2.95 bits per heavy atom. The fourth-order valence-electron chi connectivity index (χ4n) is 2.50. The molecule has 0 radical (unpaired) electrons. The monoisotopic (exact) mass is 279 g/mol. The molecule has 4 nitrogen and oxygen atoms in total. The van der Waals surface area contributed by atoms with Crippen LogP contribution in [-0.2, 0) is 0 Å². The Labute approximate surface area is 120 Å². The van der Waals surface area contributed by atoms with E-state index in [2.05, 4.69) is 34.9 Å². The van der Waals surface area contributed by atoms with E-state index in [0.717, 1.165) is 5.82 Å². The van der Waals surface area contributed by atoms with Crippen LogP contribution < -0.4 is 10.2 Å². The summed E-state index contributed by atoms with van der Waals surface area (Å²) in [4.78, 5) is 18.5. The predicted molar refractivity (Wildman–Crippen MR) is 81.1 cm³/mol. The summed E-state index contributed by atoms with van der Waals surface area (Å²) in [5.74, 6) is 1.47. The predicted octanol–water partition coefficient (Wildman–Crippen LogP) is 2.12. The highest BCUT2D eigenvalue weighted by Gasteiger charge is 2.21. The van der Waals surface area contributed by atoms with Crippen molar-refractivity contribution in [1.29, 1.82) is 0 Å². The Morgan fingerprint density at radius 2 is 2.26 bits per heavy atom. The maximum absolute atomic E-state index is 11.9. The van der Waals surface area contributed by atoms with E-state index in [0.29, 0.717) is 23.9 Å². The Kier molecular flexibility index (Phi) is 5.07. The number of rotatable bonds is 5. The van der Waals surface area contributed by atoms with Gasteiger partial charge in [0.25, 0.3) is 5.91 Å². The first-order valence-corrected chi connectivity index (χ1v) is 7.43. The van der Waals surface area contributed by atoms with Crippen LogP contribution in [0.1, 0.15) is 36.0 Å². The molecule has 0 atom stereocenters. The maximum atomic E-state index is 11.9. The van der Waals surface area contributed by atoms with Crippen molar-refractivity contribution < 1.29 is 4.79 Å². The molecule has 1 amide bonds. The lowest BCUT2D eigenvalue weighted by Crippen LogP contribution is -2.30. The van der Waals surface area contributed by atoms with E-state index in [-0.39, 0.29) is 5.91 Å². The van der Waals surface area contributed by atoms with Gasteiger partial charge in [-0.3, -0.25) is 4.79 Å². The van der Waals surface area contributed by atoms with Crippen LogP contribution in [0.3, 0.4) is 0 Å². The Balaban J connectivity index is 2.07. The van der Waals surface area contributed by atoms with Crippen LogP contribution in [0.4, 0.5) is 5.82 Å². The van der Waals surface area contributed by atoms with Gasteiger partial charge in [-0.05, 0) is 25.0 Å². The van der Waals surface area contributed by atoms with E-state index < -0.39 is 0 Å². The number of amides is 1. The second-order valence-corrected chi connectivity index (χ2v) is 5.38. The Bertz CT molecular complexity index is 432. The van der Waals surface area contributed by atoms with Gasteiger partial charge >= 0.3 is 0 Å². The van der Waals surface area contributed by atoms with Crippen LogP contribution in [-0.4, -0.2) is 36.3 Å². The number of aromatic nitrogens is 1. The summed E-state index contributed by atoms with van der Waals surface area (Å²) in [6.07, 6.45) is 6.72. The van der Waals surface area contributed by atoms with Gasteiger partial charge in [-0.1, -0.05) is 12.8 Å². The second kappa shape index (κ2) is 6.80. The molecule has 1 aliphatic rings. The van der Waals surface area contributed by atoms with Gasteiger partial charge in [-0.25, -0.2) is 4.98 Å². The van der Waals surface area contributed by atoms with Gasteiger partial charge in [0.2, 0.25) is 0 Å². The molecule has 0 bridgehead atoms. The molecule has 1 fully saturated rings. The van der Waals surface area contributed by atoms with Crippen LogP contribution in [0.2, 0.25) is 0 Å². The molecule has 2 rings (SSSR count). The van der Waals surface area contributed by atoms with Crippen molar-refractivity contribution in [3.8, 4) is 0 Å². The third kappa shape index (κ3) is 3.62. The molecule has 0 aromatic carbocycles. The molecule has 104 valence electrons. The zero-order valence-corrected chi connectivity index (χ0v) is 12.2. The number of anilines is 1. The summed E-state index contributed by atoms with van der Waals surface area (Å²) in [5.41, 5.74) is 0.664. The van der Waals surface area contributed by atoms with Gasteiger partial charge in [0, 0.05) is 37.1 Å². The average molecular weight is 279 g/mol. The smallest absolute Gasteiger partial charge is 0.251 e. The lowest BCUT2D eigenvalue weighted by molar-refractivity contribution is 0.0956. The lowest BCUT2D eigenvalue weighted by atomic mass is 10.2. The molecule has 19 heavy (non-hydrogen) atoms. The van der Waals surface area contributed by atoms with Crippen molar-refractivity contribution in [3.05, 3.63) is 23.9 Å². The summed E-state index contributed by atoms with van der Waals surface area (Å²) in [6.45, 7) is 0.581. The number of carbonyl (C=O) groups is 1. The first kappa shape index (κ1) is 14.2. The van der Waals surface area contributed by atoms with Gasteiger partial charge in [0.1, 0.15) is 5.82 Å². The van der Waals surface area contributed by atoms with Gasteiger partial charge in [0.15, 0.2) is 0 Å². The summed E-state index contributed by atoms with van der Waals surface area (Å²) < 4.78 is 0. The highest BCUT2D eigenvalue weighted by Crippen LogP contribution is 2.26. The molecule has 0 aliphatic heterocycles. The molecule has 5 heteroatoms. The largest absolute Gasteiger partial charge is 0.357 e. The second-order valence-electron chi connectivity index (χ2n) is 4.93. The van der Waals surface area contributed by atoms with E-state index in [1.165, 1.54) is 25.7 Å². The van der Waals surface area contributed by atoms with Crippen LogP contribution in [0.5, 0.6) is 0 Å². The van der Waals surface area contributed by atoms with E-state index in [4.69, 9.17) is 0 Å². The Hall–Kier alpha value is -1.23. The number of nitrogens with one attached hydrogen (secondary N) is 1. The number of thiol groups is 1. The van der Waals surface area contributed by atoms with E-state index in [1.807, 2.05) is 6.07 Å². The third-order valence-electron chi connectivity index (χ3n) is 3.64. The summed E-state index contributed by atoms with van der Waals surface area (Å²) in [6, 6.07) is 4.18. The van der Waals surface area contributed by atoms with Crippen molar-refractivity contribution in [2.75, 3.05) is 24.2 Å². The quantitative estimate of drug-likeness (QED) is 0.812. The average Bonchev–Trinajstić information content (AvgIpc) is 2.98. The number of carbonyl (C=O) groups excluding carboxylic acids is 1. The van der Waals surface area contributed by atoms with Gasteiger partial charge in [-0.2, -0.15) is 12.6 Å². The molecule has 0 unspecified atom stereocenters. The molecule has 1 N–H and O–H groups in total. The van der Waals surface area contributed by atoms with Gasteiger partial charge in [0.05, 0.1) is 0 Å². The molecular weight excluding hydrogens is 258 g/mol. The van der Waals surface area contributed by atoms with E-state index >= 15 is 0 Å². The van der Waals surface area contributed by atoms with Crippen LogP contribution >= 0.6 is 12.6 Å². The molecule has 1 aromatic heterocycles. The molecule has 1 saturated carbocycles. The lowest BCUT2D eigenvalue weighted by Gasteiger charge is -2.25. The molecule has 1 aliphatic carbocycles. The zero-order chi connectivity index (χ0) is 13.7. The minimum atomic E-state index is -0.0579. The summed E-state index contributed by atoms with van der Waals surface area (Å²) in [7, 11) is 2.06. The highest BCUT2D eigenvalue weighted by molar-refractivity contribution is 7.80. The number of hydrogen-bond acceptors (Lipinski definition) is 4. The van der Waals surface area contributed by atoms with Crippen molar-refractivity contribution in [2.45, 2.75) is 31.7 Å². The van der Waals surface area contributed by atoms with E-state index in [9.17, 15) is 4.79 Å². The number of hydrogen-bond donors (Lipinski definition) is 2. The molecular formula is C14H21N3OS. The third-order valence-corrected chi connectivity index (χ3v) is 3.86. The van der Waals surface area contributed by atoms with Gasteiger partial charge in [-0.15, -0.1) is 0 Å². The van der Waals surface area contributed by atoms with Crippen molar-refractivity contribution >= 4 is 24.4 Å². The first-order chi connectivity index (χ1) is 9.22. The SMILES string of the molecule is CN(c1cc(C(=O)NCCS)ccn1)C1CCCC1. The standard InChI is InChI=1S/C14H21N3OS/c1-17(12-4-2-3-5-12)13-10-11(6-7-15-13)14(18)16-8-9-19/h6-7,10,12,19H,2-5,8-9H2,1H3,(H,16,18). The fourth-order valence-corrected chi connectivity index (χ4v) is 2.61. The van der Waals surface area contributed by atoms with Crippen molar-refractivity contribution in [2.24, 2.45) is 0 Å².